The maximum absolute atomic E-state index is 12.1. The van der Waals surface area contributed by atoms with Crippen molar-refractivity contribution in [2.45, 2.75) is 6.42 Å². The number of ether oxygens (including phenoxy) is 2. The van der Waals surface area contributed by atoms with Crippen LogP contribution in [0.25, 0.3) is 6.08 Å². The van der Waals surface area contributed by atoms with E-state index in [0.29, 0.717) is 23.1 Å². The Morgan fingerprint density at radius 2 is 1.96 bits per heavy atom. The fourth-order valence-electron chi connectivity index (χ4n) is 2.48. The molecule has 0 saturated heterocycles. The molecule has 7 heteroatoms. The SMILES string of the molecule is O=C(/C=C/c1ccc2c(c1)OCO2)Nc1nnc(Cc2ccccc2)s1. The molecular formula is C19H15N3O3S. The van der Waals surface area contributed by atoms with Crippen molar-refractivity contribution in [2.24, 2.45) is 0 Å². The maximum Gasteiger partial charge on any atom is 0.250 e. The molecular weight excluding hydrogens is 350 g/mol. The lowest BCUT2D eigenvalue weighted by Gasteiger charge is -1.98. The summed E-state index contributed by atoms with van der Waals surface area (Å²) in [4.78, 5) is 12.1. The van der Waals surface area contributed by atoms with Crippen molar-refractivity contribution >= 4 is 28.5 Å². The highest BCUT2D eigenvalue weighted by atomic mass is 32.1. The Morgan fingerprint density at radius 3 is 2.85 bits per heavy atom. The van der Waals surface area contributed by atoms with Crippen LogP contribution in [0.1, 0.15) is 16.1 Å². The molecule has 130 valence electrons. The van der Waals surface area contributed by atoms with Crippen LogP contribution in [0.4, 0.5) is 5.13 Å². The van der Waals surface area contributed by atoms with Gasteiger partial charge in [-0.15, -0.1) is 10.2 Å². The molecule has 0 spiro atoms. The van der Waals surface area contributed by atoms with Gasteiger partial charge in [-0.25, -0.2) is 0 Å². The predicted octanol–water partition coefficient (Wildman–Crippen LogP) is 3.51. The number of rotatable bonds is 5. The van der Waals surface area contributed by atoms with E-state index in [0.717, 1.165) is 16.1 Å². The van der Waals surface area contributed by atoms with Crippen LogP contribution >= 0.6 is 11.3 Å². The number of hydrogen-bond donors (Lipinski definition) is 1. The van der Waals surface area contributed by atoms with Gasteiger partial charge in [0.25, 0.3) is 0 Å². The van der Waals surface area contributed by atoms with E-state index in [-0.39, 0.29) is 12.7 Å². The van der Waals surface area contributed by atoms with E-state index < -0.39 is 0 Å². The minimum Gasteiger partial charge on any atom is -0.454 e. The predicted molar refractivity (Wildman–Crippen MR) is 99.4 cm³/mol. The largest absolute Gasteiger partial charge is 0.454 e. The van der Waals surface area contributed by atoms with E-state index in [2.05, 4.69) is 15.5 Å². The highest BCUT2D eigenvalue weighted by molar-refractivity contribution is 7.15. The highest BCUT2D eigenvalue weighted by Gasteiger charge is 2.12. The second-order valence-electron chi connectivity index (χ2n) is 5.60. The van der Waals surface area contributed by atoms with Gasteiger partial charge in [0, 0.05) is 12.5 Å². The van der Waals surface area contributed by atoms with Crippen molar-refractivity contribution in [1.82, 2.24) is 10.2 Å². The summed E-state index contributed by atoms with van der Waals surface area (Å²) < 4.78 is 10.6. The molecule has 2 aromatic carbocycles. The molecule has 6 nitrogen and oxygen atoms in total. The third-order valence-electron chi connectivity index (χ3n) is 3.72. The second-order valence-corrected chi connectivity index (χ2v) is 6.66. The van der Waals surface area contributed by atoms with Crippen molar-refractivity contribution in [3.8, 4) is 11.5 Å². The summed E-state index contributed by atoms with van der Waals surface area (Å²) >= 11 is 1.37. The molecule has 1 amide bonds. The van der Waals surface area contributed by atoms with Crippen LogP contribution in [-0.4, -0.2) is 22.9 Å². The minimum atomic E-state index is -0.259. The van der Waals surface area contributed by atoms with Gasteiger partial charge >= 0.3 is 0 Å². The van der Waals surface area contributed by atoms with Crippen LogP contribution in [0.3, 0.4) is 0 Å². The fraction of sp³-hybridized carbons (Fsp3) is 0.105. The zero-order chi connectivity index (χ0) is 17.8. The smallest absolute Gasteiger partial charge is 0.250 e. The van der Waals surface area contributed by atoms with Crippen molar-refractivity contribution in [2.75, 3.05) is 12.1 Å². The van der Waals surface area contributed by atoms with Crippen molar-refractivity contribution in [3.05, 3.63) is 70.7 Å². The first-order valence-electron chi connectivity index (χ1n) is 8.01. The van der Waals surface area contributed by atoms with Crippen molar-refractivity contribution < 1.29 is 14.3 Å². The summed E-state index contributed by atoms with van der Waals surface area (Å²) in [6.07, 6.45) is 3.86. The topological polar surface area (TPSA) is 73.3 Å². The van der Waals surface area contributed by atoms with Gasteiger partial charge in [-0.3, -0.25) is 10.1 Å². The first kappa shape index (κ1) is 16.3. The number of anilines is 1. The minimum absolute atomic E-state index is 0.228. The van der Waals surface area contributed by atoms with Gasteiger partial charge in [0.15, 0.2) is 11.5 Å². The molecule has 1 N–H and O–H groups in total. The summed E-state index contributed by atoms with van der Waals surface area (Å²) in [6, 6.07) is 15.5. The zero-order valence-corrected chi connectivity index (χ0v) is 14.5. The number of benzene rings is 2. The summed E-state index contributed by atoms with van der Waals surface area (Å²) in [7, 11) is 0. The zero-order valence-electron chi connectivity index (χ0n) is 13.7. The number of hydrogen-bond acceptors (Lipinski definition) is 6. The average molecular weight is 365 g/mol. The average Bonchev–Trinajstić information content (AvgIpc) is 3.29. The van der Waals surface area contributed by atoms with Crippen LogP contribution in [0.2, 0.25) is 0 Å². The van der Waals surface area contributed by atoms with E-state index in [9.17, 15) is 4.79 Å². The summed E-state index contributed by atoms with van der Waals surface area (Å²) in [5, 5.41) is 12.2. The Bertz CT molecular complexity index is 954. The van der Waals surface area contributed by atoms with E-state index in [4.69, 9.17) is 9.47 Å². The Morgan fingerprint density at radius 1 is 1.12 bits per heavy atom. The van der Waals surface area contributed by atoms with Gasteiger partial charge in [-0.05, 0) is 29.3 Å². The first-order chi connectivity index (χ1) is 12.8. The molecule has 0 atom stereocenters. The summed E-state index contributed by atoms with van der Waals surface area (Å²) in [6.45, 7) is 0.228. The van der Waals surface area contributed by atoms with E-state index in [1.807, 2.05) is 48.5 Å². The van der Waals surface area contributed by atoms with Gasteiger partial charge in [0.2, 0.25) is 17.8 Å². The third kappa shape index (κ3) is 3.89. The summed E-state index contributed by atoms with van der Waals surface area (Å²) in [5.74, 6) is 1.14. The molecule has 0 unspecified atom stereocenters. The van der Waals surface area contributed by atoms with Crippen LogP contribution in [0, 0.1) is 0 Å². The lowest BCUT2D eigenvalue weighted by Crippen LogP contribution is -2.07. The van der Waals surface area contributed by atoms with Gasteiger partial charge in [0.1, 0.15) is 5.01 Å². The molecule has 1 aromatic heterocycles. The number of aromatic nitrogens is 2. The van der Waals surface area contributed by atoms with Gasteiger partial charge in [0.05, 0.1) is 0 Å². The van der Waals surface area contributed by atoms with E-state index in [1.54, 1.807) is 6.08 Å². The summed E-state index contributed by atoms with van der Waals surface area (Å²) in [5.41, 5.74) is 2.01. The molecule has 0 radical (unpaired) electrons. The molecule has 0 saturated carbocycles. The number of nitrogens with zero attached hydrogens (tertiary/aromatic N) is 2. The molecule has 0 bridgehead atoms. The third-order valence-corrected chi connectivity index (χ3v) is 4.56. The van der Waals surface area contributed by atoms with Crippen LogP contribution in [0.5, 0.6) is 11.5 Å². The number of amides is 1. The molecule has 26 heavy (non-hydrogen) atoms. The number of fused-ring (bicyclic) bond motifs is 1. The molecule has 0 fully saturated rings. The monoisotopic (exact) mass is 365 g/mol. The Balaban J connectivity index is 1.36. The fourth-order valence-corrected chi connectivity index (χ4v) is 3.26. The van der Waals surface area contributed by atoms with E-state index >= 15 is 0 Å². The number of carbonyl (C=O) groups is 1. The first-order valence-corrected chi connectivity index (χ1v) is 8.83. The molecule has 0 aliphatic carbocycles. The molecule has 3 aromatic rings. The highest BCUT2D eigenvalue weighted by Crippen LogP contribution is 2.32. The molecule has 4 rings (SSSR count). The Kier molecular flexibility index (Phi) is 4.61. The van der Waals surface area contributed by atoms with Crippen LogP contribution in [-0.2, 0) is 11.2 Å². The Hall–Kier alpha value is -3.19. The van der Waals surface area contributed by atoms with Gasteiger partial charge in [-0.2, -0.15) is 0 Å². The van der Waals surface area contributed by atoms with Gasteiger partial charge < -0.3 is 9.47 Å². The maximum atomic E-state index is 12.1. The second kappa shape index (κ2) is 7.37. The van der Waals surface area contributed by atoms with Gasteiger partial charge in [-0.1, -0.05) is 47.7 Å². The number of carbonyl (C=O) groups excluding carboxylic acids is 1. The quantitative estimate of drug-likeness (QED) is 0.701. The Labute approximate surface area is 154 Å². The van der Waals surface area contributed by atoms with Crippen LogP contribution < -0.4 is 14.8 Å². The normalized spacial score (nSPS) is 12.5. The standard InChI is InChI=1S/C19H15N3O3S/c23-17(9-7-14-6-8-15-16(10-14)25-12-24-15)20-19-22-21-18(26-19)11-13-4-2-1-3-5-13/h1-10H,11-12H2,(H,20,22,23)/b9-7+. The van der Waals surface area contributed by atoms with E-state index in [1.165, 1.54) is 17.4 Å². The molecule has 2 heterocycles. The number of nitrogens with one attached hydrogen (secondary N) is 1. The lowest BCUT2D eigenvalue weighted by molar-refractivity contribution is -0.111. The van der Waals surface area contributed by atoms with Crippen molar-refractivity contribution in [3.63, 3.8) is 0 Å². The molecule has 1 aliphatic rings. The lowest BCUT2D eigenvalue weighted by atomic mass is 10.2. The molecule has 1 aliphatic heterocycles. The van der Waals surface area contributed by atoms with Crippen LogP contribution in [0.15, 0.2) is 54.6 Å². The van der Waals surface area contributed by atoms with Crippen molar-refractivity contribution in [1.29, 1.82) is 0 Å².